The van der Waals surface area contributed by atoms with Crippen LogP contribution in [0.1, 0.15) is 12.0 Å². The van der Waals surface area contributed by atoms with E-state index < -0.39 is 6.04 Å². The summed E-state index contributed by atoms with van der Waals surface area (Å²) in [6, 6.07) is 1.51. The first-order valence-electron chi connectivity index (χ1n) is 5.21. The molecule has 0 spiro atoms. The van der Waals surface area contributed by atoms with Gasteiger partial charge in [0.2, 0.25) is 11.8 Å². The monoisotopic (exact) mass is 297 g/mol. The van der Waals surface area contributed by atoms with E-state index in [0.717, 1.165) is 14.9 Å². The molecule has 0 aliphatic carbocycles. The lowest BCUT2D eigenvalue weighted by atomic mass is 10.2. The van der Waals surface area contributed by atoms with Crippen LogP contribution < -0.4 is 5.32 Å². The summed E-state index contributed by atoms with van der Waals surface area (Å²) in [5.74, 6) is -0.308. The van der Waals surface area contributed by atoms with Crippen molar-refractivity contribution in [3.8, 4) is 0 Å². The number of nitrogens with zero attached hydrogens (tertiary/aromatic N) is 2. The molecule has 0 bridgehead atoms. The van der Waals surface area contributed by atoms with Crippen molar-refractivity contribution < 1.29 is 9.59 Å². The average molecular weight is 298 g/mol. The number of pyridine rings is 1. The molecule has 2 heterocycles. The summed E-state index contributed by atoms with van der Waals surface area (Å²) in [6.45, 7) is 0.518. The van der Waals surface area contributed by atoms with Crippen molar-refractivity contribution in [2.24, 2.45) is 0 Å². The van der Waals surface area contributed by atoms with E-state index in [-0.39, 0.29) is 18.2 Å². The number of imide groups is 1. The molecule has 17 heavy (non-hydrogen) atoms. The minimum absolute atomic E-state index is 0.139. The Balaban J connectivity index is 1.95. The lowest BCUT2D eigenvalue weighted by molar-refractivity contribution is -0.137. The van der Waals surface area contributed by atoms with Crippen molar-refractivity contribution in [2.45, 2.75) is 19.0 Å². The number of carbonyl (C=O) groups excluding carboxylic acids is 2. The van der Waals surface area contributed by atoms with Crippen LogP contribution >= 0.6 is 15.9 Å². The van der Waals surface area contributed by atoms with Gasteiger partial charge in [0.1, 0.15) is 0 Å². The van der Waals surface area contributed by atoms with Gasteiger partial charge in [-0.1, -0.05) is 0 Å². The summed E-state index contributed by atoms with van der Waals surface area (Å²) in [7, 11) is 1.51. The Morgan fingerprint density at radius 3 is 2.88 bits per heavy atom. The summed E-state index contributed by atoms with van der Waals surface area (Å²) in [5.41, 5.74) is 0.967. The summed E-state index contributed by atoms with van der Waals surface area (Å²) < 4.78 is 0.891. The van der Waals surface area contributed by atoms with E-state index in [1.165, 1.54) is 7.05 Å². The zero-order valence-electron chi connectivity index (χ0n) is 9.31. The fourth-order valence-electron chi connectivity index (χ4n) is 1.71. The molecule has 2 rings (SSSR count). The number of halogens is 1. The molecule has 1 fully saturated rings. The number of hydrogen-bond donors (Lipinski definition) is 1. The van der Waals surface area contributed by atoms with E-state index in [9.17, 15) is 9.59 Å². The predicted octanol–water partition coefficient (Wildman–Crippen LogP) is 0.691. The Labute approximate surface area is 107 Å². The topological polar surface area (TPSA) is 62.3 Å². The van der Waals surface area contributed by atoms with Gasteiger partial charge in [0.15, 0.2) is 0 Å². The molecule has 90 valence electrons. The average Bonchev–Trinajstić information content (AvgIpc) is 2.54. The molecule has 1 aromatic heterocycles. The van der Waals surface area contributed by atoms with Crippen LogP contribution in [0.25, 0.3) is 0 Å². The second-order valence-corrected chi connectivity index (χ2v) is 4.86. The van der Waals surface area contributed by atoms with E-state index in [4.69, 9.17) is 0 Å². The molecule has 0 radical (unpaired) electrons. The first-order valence-corrected chi connectivity index (χ1v) is 6.00. The fourth-order valence-corrected chi connectivity index (χ4v) is 2.12. The molecule has 6 heteroatoms. The van der Waals surface area contributed by atoms with E-state index in [0.29, 0.717) is 6.54 Å². The van der Waals surface area contributed by atoms with Crippen molar-refractivity contribution in [2.75, 3.05) is 7.05 Å². The van der Waals surface area contributed by atoms with Crippen molar-refractivity contribution in [3.05, 3.63) is 28.5 Å². The van der Waals surface area contributed by atoms with Crippen molar-refractivity contribution in [1.29, 1.82) is 0 Å². The molecular weight excluding hydrogens is 286 g/mol. The van der Waals surface area contributed by atoms with Gasteiger partial charge in [0, 0.05) is 30.5 Å². The Hall–Kier alpha value is -1.27. The highest BCUT2D eigenvalue weighted by molar-refractivity contribution is 9.10. The van der Waals surface area contributed by atoms with E-state index in [1.807, 2.05) is 6.07 Å². The van der Waals surface area contributed by atoms with Gasteiger partial charge < -0.3 is 5.32 Å². The van der Waals surface area contributed by atoms with E-state index in [1.54, 1.807) is 12.4 Å². The molecule has 5 nitrogen and oxygen atoms in total. The number of rotatable bonds is 3. The van der Waals surface area contributed by atoms with Crippen molar-refractivity contribution in [3.63, 3.8) is 0 Å². The van der Waals surface area contributed by atoms with Crippen molar-refractivity contribution >= 4 is 27.7 Å². The van der Waals surface area contributed by atoms with Crippen LogP contribution in [0.3, 0.4) is 0 Å². The number of likely N-dealkylation sites (tertiary alicyclic amines) is 1. The summed E-state index contributed by atoms with van der Waals surface area (Å²) in [6.07, 6.45) is 3.65. The molecule has 1 atom stereocenters. The van der Waals surface area contributed by atoms with Gasteiger partial charge in [0.25, 0.3) is 0 Å². The molecule has 1 aliphatic rings. The molecular formula is C11H12BrN3O2. The Morgan fingerprint density at radius 2 is 2.29 bits per heavy atom. The number of hydrogen-bond acceptors (Lipinski definition) is 4. The third kappa shape index (κ3) is 2.70. The zero-order valence-corrected chi connectivity index (χ0v) is 10.9. The molecule has 1 unspecified atom stereocenters. The molecule has 1 aromatic rings. The van der Waals surface area contributed by atoms with Gasteiger partial charge >= 0.3 is 0 Å². The predicted molar refractivity (Wildman–Crippen MR) is 65.0 cm³/mol. The highest BCUT2D eigenvalue weighted by Gasteiger charge is 2.35. The molecule has 2 amide bonds. The van der Waals surface area contributed by atoms with Crippen LogP contribution in [0.4, 0.5) is 0 Å². The van der Waals surface area contributed by atoms with Gasteiger partial charge in [-0.05, 0) is 27.6 Å². The van der Waals surface area contributed by atoms with Crippen LogP contribution in [0.15, 0.2) is 22.9 Å². The lowest BCUT2D eigenvalue weighted by Crippen LogP contribution is -2.36. The molecule has 1 saturated heterocycles. The first-order chi connectivity index (χ1) is 8.08. The van der Waals surface area contributed by atoms with Crippen LogP contribution in [0.2, 0.25) is 0 Å². The SMILES string of the molecule is CN1C(=O)CC(NCc2cncc(Br)c2)C1=O. The number of carbonyl (C=O) groups is 2. The van der Waals surface area contributed by atoms with Gasteiger partial charge in [-0.3, -0.25) is 19.5 Å². The first kappa shape index (κ1) is 12.2. The lowest BCUT2D eigenvalue weighted by Gasteiger charge is -2.10. The number of amides is 2. The normalized spacial score (nSPS) is 20.1. The molecule has 0 saturated carbocycles. The third-order valence-electron chi connectivity index (χ3n) is 2.70. The fraction of sp³-hybridized carbons (Fsp3) is 0.364. The summed E-state index contributed by atoms with van der Waals surface area (Å²) >= 11 is 3.33. The molecule has 0 aromatic carbocycles. The van der Waals surface area contributed by atoms with Crippen LogP contribution in [-0.2, 0) is 16.1 Å². The van der Waals surface area contributed by atoms with Gasteiger partial charge in [-0.15, -0.1) is 0 Å². The third-order valence-corrected chi connectivity index (χ3v) is 3.13. The van der Waals surface area contributed by atoms with Gasteiger partial charge in [-0.2, -0.15) is 0 Å². The summed E-state index contributed by atoms with van der Waals surface area (Å²) in [4.78, 5) is 28.1. The highest BCUT2D eigenvalue weighted by atomic mass is 79.9. The Morgan fingerprint density at radius 1 is 1.53 bits per heavy atom. The Bertz CT molecular complexity index is 464. The van der Waals surface area contributed by atoms with Gasteiger partial charge in [0.05, 0.1) is 12.5 Å². The van der Waals surface area contributed by atoms with E-state index in [2.05, 4.69) is 26.2 Å². The van der Waals surface area contributed by atoms with Crippen molar-refractivity contribution in [1.82, 2.24) is 15.2 Å². The zero-order chi connectivity index (χ0) is 12.4. The maximum absolute atomic E-state index is 11.6. The maximum Gasteiger partial charge on any atom is 0.246 e. The number of likely N-dealkylation sites (N-methyl/N-ethyl adjacent to an activating group) is 1. The maximum atomic E-state index is 11.6. The largest absolute Gasteiger partial charge is 0.301 e. The van der Waals surface area contributed by atoms with Crippen LogP contribution in [-0.4, -0.2) is 34.8 Å². The second-order valence-electron chi connectivity index (χ2n) is 3.94. The number of nitrogens with one attached hydrogen (secondary N) is 1. The smallest absolute Gasteiger partial charge is 0.246 e. The highest BCUT2D eigenvalue weighted by Crippen LogP contribution is 2.13. The molecule has 1 N–H and O–H groups in total. The minimum Gasteiger partial charge on any atom is -0.301 e. The van der Waals surface area contributed by atoms with Crippen LogP contribution in [0, 0.1) is 0 Å². The second kappa shape index (κ2) is 4.93. The minimum atomic E-state index is -0.411. The summed E-state index contributed by atoms with van der Waals surface area (Å²) in [5, 5.41) is 3.06. The van der Waals surface area contributed by atoms with Crippen LogP contribution in [0.5, 0.6) is 0 Å². The molecule has 1 aliphatic heterocycles. The van der Waals surface area contributed by atoms with Gasteiger partial charge in [-0.25, -0.2) is 0 Å². The Kier molecular flexibility index (Phi) is 3.54. The number of aromatic nitrogens is 1. The van der Waals surface area contributed by atoms with E-state index >= 15 is 0 Å². The standard InChI is InChI=1S/C11H12BrN3O2/c1-15-10(16)3-9(11(15)17)14-5-7-2-8(12)6-13-4-7/h2,4,6,9,14H,3,5H2,1H3. The quantitative estimate of drug-likeness (QED) is 0.834.